The van der Waals surface area contributed by atoms with Crippen molar-refractivity contribution in [2.24, 2.45) is 0 Å². The molecule has 0 radical (unpaired) electrons. The summed E-state index contributed by atoms with van der Waals surface area (Å²) in [6, 6.07) is 13.2. The molecule has 2 aromatic carbocycles. The van der Waals surface area contributed by atoms with E-state index in [-0.39, 0.29) is 5.91 Å². The van der Waals surface area contributed by atoms with Crippen molar-refractivity contribution < 1.29 is 9.53 Å². The molecule has 110 valence electrons. The lowest BCUT2D eigenvalue weighted by molar-refractivity contribution is 0.0781. The van der Waals surface area contributed by atoms with Gasteiger partial charge in [0, 0.05) is 13.6 Å². The monoisotopic (exact) mass is 284 g/mol. The van der Waals surface area contributed by atoms with E-state index < -0.39 is 0 Å². The summed E-state index contributed by atoms with van der Waals surface area (Å²) in [4.78, 5) is 14.2. The standard InChI is InChI=1S/C17H20N2O2/c1-12-7-4-5-8-13(12)11-19(2)17(20)14-9-6-10-15(18)16(14)21-3/h4-10H,11,18H2,1-3H3. The summed E-state index contributed by atoms with van der Waals surface area (Å²) in [7, 11) is 3.29. The number of ether oxygens (including phenoxy) is 1. The molecule has 0 unspecified atom stereocenters. The molecule has 0 atom stereocenters. The molecular weight excluding hydrogens is 264 g/mol. The Morgan fingerprint density at radius 2 is 1.90 bits per heavy atom. The lowest BCUT2D eigenvalue weighted by Crippen LogP contribution is -2.27. The van der Waals surface area contributed by atoms with E-state index in [1.165, 1.54) is 7.11 Å². The fraction of sp³-hybridized carbons (Fsp3) is 0.235. The highest BCUT2D eigenvalue weighted by Gasteiger charge is 2.18. The number of nitrogens with zero attached hydrogens (tertiary/aromatic N) is 1. The molecule has 0 aliphatic heterocycles. The van der Waals surface area contributed by atoms with Crippen molar-refractivity contribution in [3.8, 4) is 5.75 Å². The van der Waals surface area contributed by atoms with Gasteiger partial charge in [0.2, 0.25) is 0 Å². The summed E-state index contributed by atoms with van der Waals surface area (Å²) >= 11 is 0. The molecule has 0 saturated heterocycles. The van der Waals surface area contributed by atoms with Crippen molar-refractivity contribution in [1.29, 1.82) is 0 Å². The van der Waals surface area contributed by atoms with Crippen LogP contribution in [0.1, 0.15) is 21.5 Å². The summed E-state index contributed by atoms with van der Waals surface area (Å²) in [5.74, 6) is 0.321. The van der Waals surface area contributed by atoms with Gasteiger partial charge in [-0.05, 0) is 30.2 Å². The fourth-order valence-electron chi connectivity index (χ4n) is 2.27. The van der Waals surface area contributed by atoms with Crippen molar-refractivity contribution >= 4 is 11.6 Å². The van der Waals surface area contributed by atoms with Gasteiger partial charge in [-0.3, -0.25) is 4.79 Å². The van der Waals surface area contributed by atoms with E-state index in [9.17, 15) is 4.79 Å². The number of nitrogens with two attached hydrogens (primary N) is 1. The zero-order chi connectivity index (χ0) is 15.4. The Kier molecular flexibility index (Phi) is 4.48. The smallest absolute Gasteiger partial charge is 0.257 e. The van der Waals surface area contributed by atoms with Gasteiger partial charge in [-0.15, -0.1) is 0 Å². The molecule has 2 N–H and O–H groups in total. The number of aryl methyl sites for hydroxylation is 1. The number of benzene rings is 2. The molecule has 0 spiro atoms. The molecular formula is C17H20N2O2. The molecule has 0 aromatic heterocycles. The Morgan fingerprint density at radius 3 is 2.57 bits per heavy atom. The van der Waals surface area contributed by atoms with Gasteiger partial charge in [0.15, 0.2) is 5.75 Å². The number of carbonyl (C=O) groups is 1. The Labute approximate surface area is 125 Å². The number of methoxy groups -OCH3 is 1. The molecule has 0 heterocycles. The Balaban J connectivity index is 2.24. The molecule has 4 heteroatoms. The number of nitrogen functional groups attached to an aromatic ring is 1. The quantitative estimate of drug-likeness (QED) is 0.878. The Morgan fingerprint density at radius 1 is 1.19 bits per heavy atom. The predicted octanol–water partition coefficient (Wildman–Crippen LogP) is 2.86. The van der Waals surface area contributed by atoms with Gasteiger partial charge in [-0.1, -0.05) is 30.3 Å². The average Bonchev–Trinajstić information content (AvgIpc) is 2.48. The van der Waals surface area contributed by atoms with E-state index in [1.54, 1.807) is 30.1 Å². The second-order valence-corrected chi connectivity index (χ2v) is 5.02. The SMILES string of the molecule is COc1c(N)cccc1C(=O)N(C)Cc1ccccc1C. The number of carbonyl (C=O) groups excluding carboxylic acids is 1. The van der Waals surface area contributed by atoms with Crippen LogP contribution in [-0.2, 0) is 6.54 Å². The van der Waals surface area contributed by atoms with Crippen molar-refractivity contribution in [2.45, 2.75) is 13.5 Å². The van der Waals surface area contributed by atoms with Crippen LogP contribution in [-0.4, -0.2) is 25.0 Å². The van der Waals surface area contributed by atoms with E-state index >= 15 is 0 Å². The van der Waals surface area contributed by atoms with Crippen LogP contribution in [0.2, 0.25) is 0 Å². The number of rotatable bonds is 4. The molecule has 2 aromatic rings. The van der Waals surface area contributed by atoms with Crippen molar-refractivity contribution in [2.75, 3.05) is 19.9 Å². The second-order valence-electron chi connectivity index (χ2n) is 5.02. The summed E-state index contributed by atoms with van der Waals surface area (Å²) in [5, 5.41) is 0. The minimum Gasteiger partial charge on any atom is -0.494 e. The van der Waals surface area contributed by atoms with Gasteiger partial charge in [-0.25, -0.2) is 0 Å². The predicted molar refractivity (Wildman–Crippen MR) is 84.4 cm³/mol. The maximum atomic E-state index is 12.6. The van der Waals surface area contributed by atoms with Crippen LogP contribution < -0.4 is 10.5 Å². The lowest BCUT2D eigenvalue weighted by atomic mass is 10.1. The largest absolute Gasteiger partial charge is 0.494 e. The molecule has 0 saturated carbocycles. The number of para-hydroxylation sites is 1. The third-order valence-corrected chi connectivity index (χ3v) is 3.50. The zero-order valence-electron chi connectivity index (χ0n) is 12.6. The van der Waals surface area contributed by atoms with E-state index in [4.69, 9.17) is 10.5 Å². The molecule has 4 nitrogen and oxygen atoms in total. The summed E-state index contributed by atoms with van der Waals surface area (Å²) in [5.41, 5.74) is 9.08. The maximum Gasteiger partial charge on any atom is 0.257 e. The third-order valence-electron chi connectivity index (χ3n) is 3.50. The summed E-state index contributed by atoms with van der Waals surface area (Å²) in [6.07, 6.45) is 0. The summed E-state index contributed by atoms with van der Waals surface area (Å²) in [6.45, 7) is 2.58. The fourth-order valence-corrected chi connectivity index (χ4v) is 2.27. The van der Waals surface area contributed by atoms with Crippen molar-refractivity contribution in [3.05, 3.63) is 59.2 Å². The van der Waals surface area contributed by atoms with Gasteiger partial charge in [0.1, 0.15) is 0 Å². The average molecular weight is 284 g/mol. The van der Waals surface area contributed by atoms with E-state index in [2.05, 4.69) is 0 Å². The van der Waals surface area contributed by atoms with Gasteiger partial charge < -0.3 is 15.4 Å². The van der Waals surface area contributed by atoms with Crippen LogP contribution in [0, 0.1) is 6.92 Å². The second kappa shape index (κ2) is 6.31. The van der Waals surface area contributed by atoms with Gasteiger partial charge in [0.05, 0.1) is 18.4 Å². The first-order valence-electron chi connectivity index (χ1n) is 6.77. The van der Waals surface area contributed by atoms with Crippen LogP contribution in [0.3, 0.4) is 0 Å². The molecule has 0 fully saturated rings. The molecule has 1 amide bonds. The minimum absolute atomic E-state index is 0.109. The van der Waals surface area contributed by atoms with Gasteiger partial charge in [-0.2, -0.15) is 0 Å². The number of hydrogen-bond acceptors (Lipinski definition) is 3. The topological polar surface area (TPSA) is 55.6 Å². The normalized spacial score (nSPS) is 10.2. The van der Waals surface area contributed by atoms with Crippen molar-refractivity contribution in [1.82, 2.24) is 4.90 Å². The Hall–Kier alpha value is -2.49. The molecule has 0 aliphatic rings. The van der Waals surface area contributed by atoms with Crippen LogP contribution in [0.4, 0.5) is 5.69 Å². The first-order chi connectivity index (χ1) is 10.0. The molecule has 0 aliphatic carbocycles. The van der Waals surface area contributed by atoms with Crippen LogP contribution in [0.5, 0.6) is 5.75 Å². The molecule has 0 bridgehead atoms. The van der Waals surface area contributed by atoms with Gasteiger partial charge >= 0.3 is 0 Å². The number of anilines is 1. The molecule has 21 heavy (non-hydrogen) atoms. The lowest BCUT2D eigenvalue weighted by Gasteiger charge is -2.20. The highest BCUT2D eigenvalue weighted by Crippen LogP contribution is 2.27. The van der Waals surface area contributed by atoms with Crippen LogP contribution in [0.15, 0.2) is 42.5 Å². The Bertz CT molecular complexity index is 653. The third kappa shape index (κ3) is 3.16. The zero-order valence-corrected chi connectivity index (χ0v) is 12.6. The molecule has 2 rings (SSSR count). The van der Waals surface area contributed by atoms with Crippen molar-refractivity contribution in [3.63, 3.8) is 0 Å². The highest BCUT2D eigenvalue weighted by molar-refractivity contribution is 5.98. The minimum atomic E-state index is -0.109. The highest BCUT2D eigenvalue weighted by atomic mass is 16.5. The van der Waals surface area contributed by atoms with Crippen LogP contribution in [0.25, 0.3) is 0 Å². The first-order valence-corrected chi connectivity index (χ1v) is 6.77. The summed E-state index contributed by atoms with van der Waals surface area (Å²) < 4.78 is 5.25. The number of amides is 1. The van der Waals surface area contributed by atoms with E-state index in [0.29, 0.717) is 23.5 Å². The maximum absolute atomic E-state index is 12.6. The van der Waals surface area contributed by atoms with Crippen LogP contribution >= 0.6 is 0 Å². The van der Waals surface area contributed by atoms with E-state index in [1.807, 2.05) is 31.2 Å². The van der Waals surface area contributed by atoms with Gasteiger partial charge in [0.25, 0.3) is 5.91 Å². The van der Waals surface area contributed by atoms with E-state index in [0.717, 1.165) is 11.1 Å². The number of hydrogen-bond donors (Lipinski definition) is 1. The first kappa shape index (κ1) is 14.9.